The molecule has 1 amide bonds. The van der Waals surface area contributed by atoms with Crippen LogP contribution in [0.15, 0.2) is 12.3 Å². The van der Waals surface area contributed by atoms with Gasteiger partial charge >= 0.3 is 0 Å². The summed E-state index contributed by atoms with van der Waals surface area (Å²) in [5.41, 5.74) is 2.58. The van der Waals surface area contributed by atoms with E-state index in [1.165, 1.54) is 0 Å². The number of carbonyl (C=O) groups excluding carboxylic acids is 1. The van der Waals surface area contributed by atoms with Crippen LogP contribution in [0.4, 0.5) is 5.69 Å². The first-order chi connectivity index (χ1) is 9.75. The highest BCUT2D eigenvalue weighted by molar-refractivity contribution is 5.99. The molecule has 118 valence electrons. The number of anilines is 1. The summed E-state index contributed by atoms with van der Waals surface area (Å²) in [6, 6.07) is 1.93. The summed E-state index contributed by atoms with van der Waals surface area (Å²) in [6.45, 7) is 14.3. The van der Waals surface area contributed by atoms with Crippen LogP contribution in [-0.4, -0.2) is 24.0 Å². The van der Waals surface area contributed by atoms with Crippen molar-refractivity contribution < 1.29 is 4.79 Å². The van der Waals surface area contributed by atoms with Crippen LogP contribution in [0.25, 0.3) is 0 Å². The van der Waals surface area contributed by atoms with Gasteiger partial charge in [0.05, 0.1) is 11.3 Å². The minimum absolute atomic E-state index is 0.0581. The van der Waals surface area contributed by atoms with Crippen LogP contribution < -0.4 is 10.6 Å². The van der Waals surface area contributed by atoms with Gasteiger partial charge in [-0.3, -0.25) is 9.78 Å². The van der Waals surface area contributed by atoms with Crippen LogP contribution >= 0.6 is 0 Å². The van der Waals surface area contributed by atoms with E-state index in [0.29, 0.717) is 18.0 Å². The number of pyridine rings is 1. The van der Waals surface area contributed by atoms with Crippen LogP contribution in [0.1, 0.15) is 57.1 Å². The number of nitrogens with zero attached hydrogens (tertiary/aromatic N) is 1. The third-order valence-electron chi connectivity index (χ3n) is 3.90. The molecule has 0 spiro atoms. The van der Waals surface area contributed by atoms with Gasteiger partial charge in [-0.15, -0.1) is 0 Å². The number of carbonyl (C=O) groups is 1. The summed E-state index contributed by atoms with van der Waals surface area (Å²) < 4.78 is 0. The zero-order valence-electron chi connectivity index (χ0n) is 14.2. The predicted octanol–water partition coefficient (Wildman–Crippen LogP) is 3.62. The van der Waals surface area contributed by atoms with E-state index in [-0.39, 0.29) is 11.3 Å². The Kier molecular flexibility index (Phi) is 6.19. The van der Waals surface area contributed by atoms with Crippen LogP contribution in [0, 0.1) is 18.3 Å². The Morgan fingerprint density at radius 1 is 1.38 bits per heavy atom. The van der Waals surface area contributed by atoms with E-state index in [0.717, 1.165) is 24.3 Å². The molecule has 2 N–H and O–H groups in total. The molecule has 0 aromatic carbocycles. The van der Waals surface area contributed by atoms with E-state index in [1.807, 2.05) is 13.0 Å². The van der Waals surface area contributed by atoms with Crippen molar-refractivity contribution in [1.82, 2.24) is 10.3 Å². The van der Waals surface area contributed by atoms with E-state index >= 15 is 0 Å². The van der Waals surface area contributed by atoms with Crippen LogP contribution in [0.3, 0.4) is 0 Å². The molecule has 1 heterocycles. The predicted molar refractivity (Wildman–Crippen MR) is 88.7 cm³/mol. The van der Waals surface area contributed by atoms with E-state index in [2.05, 4.69) is 50.2 Å². The summed E-state index contributed by atoms with van der Waals surface area (Å²) in [4.78, 5) is 16.6. The summed E-state index contributed by atoms with van der Waals surface area (Å²) >= 11 is 0. The van der Waals surface area contributed by atoms with E-state index in [1.54, 1.807) is 6.20 Å². The number of aryl methyl sites for hydroxylation is 1. The fraction of sp³-hybridized carbons (Fsp3) is 0.647. The lowest BCUT2D eigenvalue weighted by atomic mass is 9.82. The molecule has 0 aliphatic heterocycles. The maximum atomic E-state index is 12.4. The van der Waals surface area contributed by atoms with Crippen LogP contribution in [0.2, 0.25) is 0 Å². The summed E-state index contributed by atoms with van der Waals surface area (Å²) in [5.74, 6) is 0.351. The Morgan fingerprint density at radius 3 is 2.62 bits per heavy atom. The Balaban J connectivity index is 2.77. The van der Waals surface area contributed by atoms with E-state index < -0.39 is 0 Å². The first-order valence-electron chi connectivity index (χ1n) is 7.74. The molecule has 1 atom stereocenters. The lowest BCUT2D eigenvalue weighted by Gasteiger charge is -2.27. The first kappa shape index (κ1) is 17.5. The van der Waals surface area contributed by atoms with Crippen LogP contribution in [0.5, 0.6) is 0 Å². The molecule has 1 aromatic heterocycles. The zero-order chi connectivity index (χ0) is 16.0. The minimum atomic E-state index is -0.0581. The highest BCUT2D eigenvalue weighted by Gasteiger charge is 2.21. The van der Waals surface area contributed by atoms with Gasteiger partial charge < -0.3 is 10.6 Å². The van der Waals surface area contributed by atoms with Crippen molar-refractivity contribution in [3.8, 4) is 0 Å². The third-order valence-corrected chi connectivity index (χ3v) is 3.90. The highest BCUT2D eigenvalue weighted by Crippen LogP contribution is 2.24. The molecule has 0 aliphatic carbocycles. The van der Waals surface area contributed by atoms with Gasteiger partial charge in [-0.2, -0.15) is 0 Å². The van der Waals surface area contributed by atoms with E-state index in [9.17, 15) is 4.79 Å². The fourth-order valence-corrected chi connectivity index (χ4v) is 1.79. The number of hydrogen-bond donors (Lipinski definition) is 2. The Bertz CT molecular complexity index is 477. The molecule has 21 heavy (non-hydrogen) atoms. The molecule has 1 rings (SSSR count). The lowest BCUT2D eigenvalue weighted by molar-refractivity contribution is 0.0937. The SMILES string of the molecule is CCCNc1cc(C)ncc1C(=O)NCC(C)C(C)(C)C. The maximum Gasteiger partial charge on any atom is 0.254 e. The lowest BCUT2D eigenvalue weighted by Crippen LogP contribution is -2.34. The van der Waals surface area contributed by atoms with Crippen molar-refractivity contribution in [1.29, 1.82) is 0 Å². The number of nitrogens with one attached hydrogen (secondary N) is 2. The van der Waals surface area contributed by atoms with Crippen LogP contribution in [-0.2, 0) is 0 Å². The largest absolute Gasteiger partial charge is 0.384 e. The molecular formula is C17H29N3O. The second kappa shape index (κ2) is 7.43. The van der Waals surface area contributed by atoms with E-state index in [4.69, 9.17) is 0 Å². The number of rotatable bonds is 6. The monoisotopic (exact) mass is 291 g/mol. The molecule has 1 unspecified atom stereocenters. The third kappa shape index (κ3) is 5.37. The fourth-order valence-electron chi connectivity index (χ4n) is 1.79. The topological polar surface area (TPSA) is 54.0 Å². The zero-order valence-corrected chi connectivity index (χ0v) is 14.2. The second-order valence-corrected chi connectivity index (χ2v) is 6.78. The Morgan fingerprint density at radius 2 is 2.05 bits per heavy atom. The molecule has 0 bridgehead atoms. The molecule has 0 radical (unpaired) electrons. The Hall–Kier alpha value is -1.58. The smallest absolute Gasteiger partial charge is 0.254 e. The summed E-state index contributed by atoms with van der Waals surface area (Å²) in [6.07, 6.45) is 2.67. The molecule has 1 aromatic rings. The number of aromatic nitrogens is 1. The highest BCUT2D eigenvalue weighted by atomic mass is 16.1. The maximum absolute atomic E-state index is 12.4. The average Bonchev–Trinajstić information content (AvgIpc) is 2.41. The quantitative estimate of drug-likeness (QED) is 0.841. The van der Waals surface area contributed by atoms with Crippen molar-refractivity contribution in [3.05, 3.63) is 23.5 Å². The van der Waals surface area contributed by atoms with Crippen molar-refractivity contribution in [2.24, 2.45) is 11.3 Å². The molecule has 0 aliphatic rings. The molecule has 0 saturated carbocycles. The van der Waals surface area contributed by atoms with Crippen molar-refractivity contribution in [2.45, 2.75) is 48.0 Å². The normalized spacial score (nSPS) is 12.9. The molecule has 4 heteroatoms. The van der Waals surface area contributed by atoms with Gasteiger partial charge in [-0.25, -0.2) is 0 Å². The number of hydrogen-bond acceptors (Lipinski definition) is 3. The Labute approximate surface area is 128 Å². The van der Waals surface area contributed by atoms with Crippen molar-refractivity contribution in [3.63, 3.8) is 0 Å². The standard InChI is InChI=1S/C17H29N3O/c1-7-8-18-15-9-13(3)19-11-14(15)16(21)20-10-12(2)17(4,5)6/h9,11-12H,7-8,10H2,1-6H3,(H,18,19)(H,20,21). The molecular weight excluding hydrogens is 262 g/mol. The summed E-state index contributed by atoms with van der Waals surface area (Å²) in [5, 5.41) is 6.32. The van der Waals surface area contributed by atoms with Crippen molar-refractivity contribution in [2.75, 3.05) is 18.4 Å². The van der Waals surface area contributed by atoms with Gasteiger partial charge in [0.15, 0.2) is 0 Å². The minimum Gasteiger partial charge on any atom is -0.384 e. The summed E-state index contributed by atoms with van der Waals surface area (Å²) in [7, 11) is 0. The van der Waals surface area contributed by atoms with Gasteiger partial charge in [-0.1, -0.05) is 34.6 Å². The van der Waals surface area contributed by atoms with Gasteiger partial charge in [-0.05, 0) is 30.7 Å². The van der Waals surface area contributed by atoms with Gasteiger partial charge in [0.1, 0.15) is 0 Å². The second-order valence-electron chi connectivity index (χ2n) is 6.78. The first-order valence-corrected chi connectivity index (χ1v) is 7.74. The molecule has 4 nitrogen and oxygen atoms in total. The molecule has 0 saturated heterocycles. The molecule has 0 fully saturated rings. The van der Waals surface area contributed by atoms with Gasteiger partial charge in [0, 0.05) is 25.0 Å². The number of amides is 1. The van der Waals surface area contributed by atoms with Gasteiger partial charge in [0.25, 0.3) is 5.91 Å². The van der Waals surface area contributed by atoms with Gasteiger partial charge in [0.2, 0.25) is 0 Å². The average molecular weight is 291 g/mol. The van der Waals surface area contributed by atoms with Crippen molar-refractivity contribution >= 4 is 11.6 Å².